The summed E-state index contributed by atoms with van der Waals surface area (Å²) in [7, 11) is 4.42. The van der Waals surface area contributed by atoms with E-state index in [1.807, 2.05) is 6.92 Å². The number of ether oxygens (including phenoxy) is 4. The molecule has 0 saturated carbocycles. The molecular formula is C26H25N3O7S. The summed E-state index contributed by atoms with van der Waals surface area (Å²) in [6.45, 7) is 3.71. The Morgan fingerprint density at radius 2 is 1.78 bits per heavy atom. The Kier molecular flexibility index (Phi) is 6.24. The summed E-state index contributed by atoms with van der Waals surface area (Å²) in [5.74, 6) is -0.216. The lowest BCUT2D eigenvalue weighted by molar-refractivity contribution is -0.132. The summed E-state index contributed by atoms with van der Waals surface area (Å²) < 4.78 is 22.2. The smallest absolute Gasteiger partial charge is 0.301 e. The van der Waals surface area contributed by atoms with Gasteiger partial charge in [-0.2, -0.15) is 0 Å². The van der Waals surface area contributed by atoms with Crippen LogP contribution in [0.4, 0.5) is 5.13 Å². The first kappa shape index (κ1) is 24.6. The van der Waals surface area contributed by atoms with Crippen molar-refractivity contribution in [2.75, 3.05) is 26.2 Å². The van der Waals surface area contributed by atoms with E-state index in [-0.39, 0.29) is 22.6 Å². The molecule has 0 bridgehead atoms. The third kappa shape index (κ3) is 4.05. The third-order valence-electron chi connectivity index (χ3n) is 6.34. The number of hydrogen-bond acceptors (Lipinski definition) is 10. The van der Waals surface area contributed by atoms with E-state index >= 15 is 0 Å². The van der Waals surface area contributed by atoms with Gasteiger partial charge in [0, 0.05) is 12.0 Å². The van der Waals surface area contributed by atoms with Gasteiger partial charge in [0.25, 0.3) is 5.78 Å². The van der Waals surface area contributed by atoms with Crippen LogP contribution in [0.5, 0.6) is 23.0 Å². The Hall–Kier alpha value is -4.12. The monoisotopic (exact) mass is 523 g/mol. The standard InChI is InChI=1S/C26H25N3O7S/c1-12-8-15-9-14(6-7-17(15)36-12)22(30)20-21(16-10-18(33-3)24(35-5)19(11-16)34-4)29(25(32)23(20)31)26-28-27-13(2)37-26/h6-7,9-12,21,30H,8H2,1-5H3/b22-20+/t12-,21-/m0/s1. The highest BCUT2D eigenvalue weighted by Gasteiger charge is 2.49. The second-order valence-electron chi connectivity index (χ2n) is 8.69. The second-order valence-corrected chi connectivity index (χ2v) is 9.85. The Bertz CT molecular complexity index is 1420. The molecule has 192 valence electrons. The minimum Gasteiger partial charge on any atom is -0.507 e. The normalized spacial score (nSPS) is 20.1. The van der Waals surface area contributed by atoms with E-state index in [1.165, 1.54) is 37.6 Å². The van der Waals surface area contributed by atoms with Gasteiger partial charge in [-0.25, -0.2) is 0 Å². The van der Waals surface area contributed by atoms with Crippen LogP contribution in [0.1, 0.15) is 34.7 Å². The van der Waals surface area contributed by atoms with Crippen LogP contribution < -0.4 is 23.8 Å². The molecule has 2 aromatic carbocycles. The first-order chi connectivity index (χ1) is 17.8. The van der Waals surface area contributed by atoms with Crippen LogP contribution in [0.2, 0.25) is 0 Å². The van der Waals surface area contributed by atoms with Crippen molar-refractivity contribution < 1.29 is 33.6 Å². The van der Waals surface area contributed by atoms with Crippen LogP contribution in [-0.2, 0) is 16.0 Å². The molecule has 10 nitrogen and oxygen atoms in total. The van der Waals surface area contributed by atoms with E-state index in [1.54, 1.807) is 37.3 Å². The predicted molar refractivity (Wildman–Crippen MR) is 136 cm³/mol. The molecule has 37 heavy (non-hydrogen) atoms. The first-order valence-corrected chi connectivity index (χ1v) is 12.3. The molecule has 2 atom stereocenters. The third-order valence-corrected chi connectivity index (χ3v) is 7.18. The number of aryl methyl sites for hydroxylation is 1. The number of fused-ring (bicyclic) bond motifs is 1. The van der Waals surface area contributed by atoms with Crippen LogP contribution in [0.15, 0.2) is 35.9 Å². The minimum atomic E-state index is -1.02. The molecule has 0 aliphatic carbocycles. The number of ketones is 1. The quantitative estimate of drug-likeness (QED) is 0.292. The van der Waals surface area contributed by atoms with Crippen molar-refractivity contribution in [1.29, 1.82) is 0 Å². The number of aliphatic hydroxyl groups is 1. The van der Waals surface area contributed by atoms with Gasteiger partial charge in [0.05, 0.1) is 32.9 Å². The number of nitrogens with zero attached hydrogens (tertiary/aromatic N) is 3. The molecule has 1 fully saturated rings. The van der Waals surface area contributed by atoms with Crippen LogP contribution in [0.25, 0.3) is 5.76 Å². The summed E-state index contributed by atoms with van der Waals surface area (Å²) in [5.41, 5.74) is 1.69. The SMILES string of the molecule is COc1cc([C@H]2/C(=C(\O)c3ccc4c(c3)C[C@H](C)O4)C(=O)C(=O)N2c2nnc(C)s2)cc(OC)c1OC. The average Bonchev–Trinajstić information content (AvgIpc) is 3.56. The maximum Gasteiger partial charge on any atom is 0.301 e. The molecule has 1 N–H and O–H groups in total. The number of rotatable bonds is 6. The fourth-order valence-corrected chi connectivity index (χ4v) is 5.43. The van der Waals surface area contributed by atoms with Crippen molar-refractivity contribution >= 4 is 33.9 Å². The van der Waals surface area contributed by atoms with Crippen molar-refractivity contribution in [1.82, 2.24) is 10.2 Å². The summed E-state index contributed by atoms with van der Waals surface area (Å²) in [4.78, 5) is 28.1. The maximum atomic E-state index is 13.4. The van der Waals surface area contributed by atoms with Gasteiger partial charge in [0.1, 0.15) is 22.6 Å². The van der Waals surface area contributed by atoms with E-state index in [0.29, 0.717) is 39.8 Å². The van der Waals surface area contributed by atoms with E-state index in [4.69, 9.17) is 18.9 Å². The maximum absolute atomic E-state index is 13.4. The summed E-state index contributed by atoms with van der Waals surface area (Å²) in [6, 6.07) is 7.47. The number of methoxy groups -OCH3 is 3. The van der Waals surface area contributed by atoms with E-state index in [9.17, 15) is 14.7 Å². The Labute approximate surface area is 217 Å². The van der Waals surface area contributed by atoms with Gasteiger partial charge in [-0.1, -0.05) is 11.3 Å². The van der Waals surface area contributed by atoms with Crippen LogP contribution in [-0.4, -0.2) is 54.4 Å². The highest BCUT2D eigenvalue weighted by atomic mass is 32.1. The number of carbonyl (C=O) groups excluding carboxylic acids is 2. The fourth-order valence-electron chi connectivity index (χ4n) is 4.71. The number of aromatic nitrogens is 2. The van der Waals surface area contributed by atoms with Crippen molar-refractivity contribution in [3.05, 3.63) is 57.6 Å². The zero-order valence-corrected chi connectivity index (χ0v) is 21.7. The number of benzene rings is 2. The van der Waals surface area contributed by atoms with E-state index in [0.717, 1.165) is 11.3 Å². The molecule has 3 aromatic rings. The molecule has 2 aliphatic heterocycles. The van der Waals surface area contributed by atoms with Crippen molar-refractivity contribution in [2.45, 2.75) is 32.4 Å². The Morgan fingerprint density at radius 1 is 1.08 bits per heavy atom. The zero-order chi connectivity index (χ0) is 26.4. The number of aliphatic hydroxyl groups excluding tert-OH is 1. The summed E-state index contributed by atoms with van der Waals surface area (Å²) in [5, 5.41) is 20.5. The van der Waals surface area contributed by atoms with Crippen LogP contribution in [0, 0.1) is 6.92 Å². The van der Waals surface area contributed by atoms with Gasteiger partial charge in [0.15, 0.2) is 11.5 Å². The lowest BCUT2D eigenvalue weighted by Crippen LogP contribution is -2.29. The van der Waals surface area contributed by atoms with Crippen molar-refractivity contribution in [3.8, 4) is 23.0 Å². The number of Topliss-reactive ketones (excluding diaryl/α,β-unsaturated/α-hetero) is 1. The fraction of sp³-hybridized carbons (Fsp3) is 0.308. The summed E-state index contributed by atoms with van der Waals surface area (Å²) in [6.07, 6.45) is 0.684. The molecular weight excluding hydrogens is 498 g/mol. The first-order valence-electron chi connectivity index (χ1n) is 11.5. The van der Waals surface area contributed by atoms with Gasteiger partial charge < -0.3 is 24.1 Å². The second kappa shape index (κ2) is 9.40. The lowest BCUT2D eigenvalue weighted by atomic mass is 9.94. The molecule has 1 aromatic heterocycles. The molecule has 11 heteroatoms. The molecule has 0 radical (unpaired) electrons. The van der Waals surface area contributed by atoms with Gasteiger partial charge in [0.2, 0.25) is 10.9 Å². The molecule has 0 unspecified atom stereocenters. The number of hydrogen-bond donors (Lipinski definition) is 1. The zero-order valence-electron chi connectivity index (χ0n) is 20.9. The molecule has 3 heterocycles. The van der Waals surface area contributed by atoms with Crippen LogP contribution in [0.3, 0.4) is 0 Å². The molecule has 0 spiro atoms. The molecule has 5 rings (SSSR count). The van der Waals surface area contributed by atoms with Crippen molar-refractivity contribution in [2.24, 2.45) is 0 Å². The predicted octanol–water partition coefficient (Wildman–Crippen LogP) is 3.82. The van der Waals surface area contributed by atoms with Gasteiger partial charge in [-0.05, 0) is 55.3 Å². The van der Waals surface area contributed by atoms with Gasteiger partial charge >= 0.3 is 5.91 Å². The average molecular weight is 524 g/mol. The molecule has 1 saturated heterocycles. The topological polar surface area (TPSA) is 120 Å². The van der Waals surface area contributed by atoms with E-state index in [2.05, 4.69) is 10.2 Å². The molecule has 1 amide bonds. The number of amides is 1. The van der Waals surface area contributed by atoms with Gasteiger partial charge in [-0.3, -0.25) is 14.5 Å². The lowest BCUT2D eigenvalue weighted by Gasteiger charge is -2.24. The molecule has 2 aliphatic rings. The Balaban J connectivity index is 1.74. The van der Waals surface area contributed by atoms with Gasteiger partial charge in [-0.15, -0.1) is 10.2 Å². The largest absolute Gasteiger partial charge is 0.507 e. The van der Waals surface area contributed by atoms with Crippen molar-refractivity contribution in [3.63, 3.8) is 0 Å². The Morgan fingerprint density at radius 3 is 2.38 bits per heavy atom. The number of carbonyl (C=O) groups is 2. The van der Waals surface area contributed by atoms with E-state index < -0.39 is 17.7 Å². The minimum absolute atomic E-state index is 0.0119. The number of anilines is 1. The highest BCUT2D eigenvalue weighted by molar-refractivity contribution is 7.15. The summed E-state index contributed by atoms with van der Waals surface area (Å²) >= 11 is 1.17. The highest BCUT2D eigenvalue weighted by Crippen LogP contribution is 2.47. The van der Waals surface area contributed by atoms with Crippen LogP contribution >= 0.6 is 11.3 Å².